The number of nitrogens with zero attached hydrogens (tertiary/aromatic N) is 1. The summed E-state index contributed by atoms with van der Waals surface area (Å²) in [4.78, 5) is 3.71. The number of ether oxygens (including phenoxy) is 2. The lowest BCUT2D eigenvalue weighted by Crippen LogP contribution is -2.44. The first kappa shape index (κ1) is 15.5. The Hall–Kier alpha value is -0.910. The third kappa shape index (κ3) is 3.59. The summed E-state index contributed by atoms with van der Waals surface area (Å²) in [5.41, 5.74) is 1.34. The van der Waals surface area contributed by atoms with Crippen LogP contribution in [0.15, 0.2) is 17.0 Å². The van der Waals surface area contributed by atoms with Gasteiger partial charge in [-0.15, -0.1) is 11.8 Å². The van der Waals surface area contributed by atoms with E-state index in [1.807, 2.05) is 6.07 Å². The van der Waals surface area contributed by atoms with E-state index in [4.69, 9.17) is 9.47 Å². The average molecular weight is 296 g/mol. The highest BCUT2D eigenvalue weighted by Crippen LogP contribution is 2.39. The third-order valence-corrected chi connectivity index (χ3v) is 4.55. The first-order valence-corrected chi connectivity index (χ1v) is 8.23. The quantitative estimate of drug-likeness (QED) is 0.811. The van der Waals surface area contributed by atoms with Gasteiger partial charge in [-0.25, -0.2) is 0 Å². The van der Waals surface area contributed by atoms with Crippen molar-refractivity contribution in [3.63, 3.8) is 0 Å². The smallest absolute Gasteiger partial charge is 0.174 e. The summed E-state index contributed by atoms with van der Waals surface area (Å²) >= 11 is 1.73. The molecule has 20 heavy (non-hydrogen) atoms. The highest BCUT2D eigenvalue weighted by atomic mass is 32.2. The molecule has 1 fully saturated rings. The van der Waals surface area contributed by atoms with E-state index >= 15 is 0 Å². The van der Waals surface area contributed by atoms with E-state index in [0.29, 0.717) is 0 Å². The molecule has 1 heterocycles. The number of piperazine rings is 1. The zero-order chi connectivity index (χ0) is 14.4. The Labute approximate surface area is 125 Å². The van der Waals surface area contributed by atoms with Crippen LogP contribution in [0.25, 0.3) is 0 Å². The van der Waals surface area contributed by atoms with Crippen LogP contribution in [0.4, 0.5) is 0 Å². The predicted molar refractivity (Wildman–Crippen MR) is 84.3 cm³/mol. The van der Waals surface area contributed by atoms with Crippen LogP contribution in [0.2, 0.25) is 0 Å². The molecule has 1 N–H and O–H groups in total. The minimum absolute atomic E-state index is 0.808. The van der Waals surface area contributed by atoms with E-state index in [1.54, 1.807) is 26.0 Å². The highest BCUT2D eigenvalue weighted by molar-refractivity contribution is 7.98. The van der Waals surface area contributed by atoms with Gasteiger partial charge in [-0.05, 0) is 24.3 Å². The normalized spacial score (nSPS) is 16.1. The molecule has 112 valence electrons. The topological polar surface area (TPSA) is 33.7 Å². The van der Waals surface area contributed by atoms with Gasteiger partial charge in [-0.3, -0.25) is 0 Å². The van der Waals surface area contributed by atoms with Crippen molar-refractivity contribution in [2.75, 3.05) is 53.2 Å². The molecule has 4 nitrogen and oxygen atoms in total. The molecule has 5 heteroatoms. The van der Waals surface area contributed by atoms with Gasteiger partial charge in [0.25, 0.3) is 0 Å². The van der Waals surface area contributed by atoms with Gasteiger partial charge in [0.15, 0.2) is 11.5 Å². The molecule has 0 spiro atoms. The van der Waals surface area contributed by atoms with Gasteiger partial charge in [-0.2, -0.15) is 0 Å². The van der Waals surface area contributed by atoms with E-state index < -0.39 is 0 Å². The van der Waals surface area contributed by atoms with E-state index in [9.17, 15) is 0 Å². The fourth-order valence-electron chi connectivity index (χ4n) is 2.57. The van der Waals surface area contributed by atoms with Gasteiger partial charge in [0.05, 0.1) is 19.1 Å². The summed E-state index contributed by atoms with van der Waals surface area (Å²) in [7, 11) is 3.39. The van der Waals surface area contributed by atoms with Crippen molar-refractivity contribution >= 4 is 11.8 Å². The summed E-state index contributed by atoms with van der Waals surface area (Å²) < 4.78 is 10.9. The van der Waals surface area contributed by atoms with Crippen molar-refractivity contribution in [1.82, 2.24) is 10.2 Å². The fraction of sp³-hybridized carbons (Fsp3) is 0.600. The van der Waals surface area contributed by atoms with E-state index in [0.717, 1.165) is 50.6 Å². The number of hydrogen-bond donors (Lipinski definition) is 1. The standard InChI is InChI=1S/C15H24N2O2S/c1-18-13-5-4-12(15(20-3)14(13)19-2)6-9-17-10-7-16-8-11-17/h4-5,16H,6-11H2,1-3H3. The molecule has 0 unspecified atom stereocenters. The summed E-state index contributed by atoms with van der Waals surface area (Å²) in [6.07, 6.45) is 3.14. The fourth-order valence-corrected chi connectivity index (χ4v) is 3.37. The van der Waals surface area contributed by atoms with Crippen LogP contribution in [-0.4, -0.2) is 58.1 Å². The van der Waals surface area contributed by atoms with Crippen molar-refractivity contribution in [2.24, 2.45) is 0 Å². The maximum Gasteiger partial charge on any atom is 0.174 e. The predicted octanol–water partition coefficient (Wildman–Crippen LogP) is 1.87. The van der Waals surface area contributed by atoms with Crippen molar-refractivity contribution in [3.8, 4) is 11.5 Å². The highest BCUT2D eigenvalue weighted by Gasteiger charge is 2.15. The molecule has 0 aliphatic carbocycles. The molecule has 1 aromatic rings. The van der Waals surface area contributed by atoms with E-state index in [-0.39, 0.29) is 0 Å². The molecule has 1 saturated heterocycles. The summed E-state index contributed by atoms with van der Waals surface area (Å²) in [5.74, 6) is 1.67. The Bertz CT molecular complexity index is 434. The lowest BCUT2D eigenvalue weighted by Gasteiger charge is -2.27. The first-order valence-electron chi connectivity index (χ1n) is 7.01. The molecule has 2 rings (SSSR count). The Morgan fingerprint density at radius 2 is 1.95 bits per heavy atom. The molecule has 0 saturated carbocycles. The van der Waals surface area contributed by atoms with Crippen LogP contribution in [-0.2, 0) is 6.42 Å². The molecule has 1 aromatic carbocycles. The Morgan fingerprint density at radius 1 is 1.20 bits per heavy atom. The SMILES string of the molecule is COc1ccc(CCN2CCNCC2)c(SC)c1OC. The molecule has 0 aromatic heterocycles. The second kappa shape index (κ2) is 7.76. The Kier molecular flexibility index (Phi) is 6.01. The average Bonchev–Trinajstić information content (AvgIpc) is 2.52. The van der Waals surface area contributed by atoms with Gasteiger partial charge >= 0.3 is 0 Å². The minimum atomic E-state index is 0.808. The number of methoxy groups -OCH3 is 2. The second-order valence-electron chi connectivity index (χ2n) is 4.84. The van der Waals surface area contributed by atoms with Gasteiger partial charge in [-0.1, -0.05) is 6.07 Å². The zero-order valence-corrected chi connectivity index (χ0v) is 13.4. The van der Waals surface area contributed by atoms with E-state index in [2.05, 4.69) is 22.5 Å². The third-order valence-electron chi connectivity index (χ3n) is 3.69. The van der Waals surface area contributed by atoms with Gasteiger partial charge in [0, 0.05) is 32.7 Å². The summed E-state index contributed by atoms with van der Waals surface area (Å²) in [6, 6.07) is 4.17. The van der Waals surface area contributed by atoms with Gasteiger partial charge in [0.1, 0.15) is 0 Å². The molecule has 0 amide bonds. The Balaban J connectivity index is 2.10. The molecule has 0 atom stereocenters. The minimum Gasteiger partial charge on any atom is -0.493 e. The van der Waals surface area contributed by atoms with Crippen molar-refractivity contribution < 1.29 is 9.47 Å². The maximum atomic E-state index is 5.52. The summed E-state index contributed by atoms with van der Waals surface area (Å²) in [6.45, 7) is 5.58. The Morgan fingerprint density at radius 3 is 2.55 bits per heavy atom. The molecular weight excluding hydrogens is 272 g/mol. The number of rotatable bonds is 6. The monoisotopic (exact) mass is 296 g/mol. The van der Waals surface area contributed by atoms with Crippen molar-refractivity contribution in [1.29, 1.82) is 0 Å². The van der Waals surface area contributed by atoms with E-state index in [1.165, 1.54) is 10.5 Å². The molecule has 1 aliphatic heterocycles. The first-order chi connectivity index (χ1) is 9.80. The van der Waals surface area contributed by atoms with Crippen LogP contribution in [0.3, 0.4) is 0 Å². The van der Waals surface area contributed by atoms with Crippen LogP contribution < -0.4 is 14.8 Å². The maximum absolute atomic E-state index is 5.52. The number of hydrogen-bond acceptors (Lipinski definition) is 5. The molecule has 0 radical (unpaired) electrons. The molecular formula is C15H24N2O2S. The van der Waals surface area contributed by atoms with Crippen molar-refractivity contribution in [2.45, 2.75) is 11.3 Å². The largest absolute Gasteiger partial charge is 0.493 e. The molecule has 1 aliphatic rings. The zero-order valence-electron chi connectivity index (χ0n) is 12.6. The lowest BCUT2D eigenvalue weighted by atomic mass is 10.1. The lowest BCUT2D eigenvalue weighted by molar-refractivity contribution is 0.243. The number of thioether (sulfide) groups is 1. The number of benzene rings is 1. The summed E-state index contributed by atoms with van der Waals surface area (Å²) in [5, 5.41) is 3.39. The van der Waals surface area contributed by atoms with Crippen LogP contribution in [0.1, 0.15) is 5.56 Å². The second-order valence-corrected chi connectivity index (χ2v) is 5.65. The number of nitrogens with one attached hydrogen (secondary N) is 1. The molecule has 0 bridgehead atoms. The van der Waals surface area contributed by atoms with Gasteiger partial charge < -0.3 is 19.7 Å². The van der Waals surface area contributed by atoms with Crippen LogP contribution in [0.5, 0.6) is 11.5 Å². The van der Waals surface area contributed by atoms with Crippen LogP contribution in [0, 0.1) is 0 Å². The van der Waals surface area contributed by atoms with Crippen molar-refractivity contribution in [3.05, 3.63) is 17.7 Å². The van der Waals surface area contributed by atoms with Crippen LogP contribution >= 0.6 is 11.8 Å². The van der Waals surface area contributed by atoms with Gasteiger partial charge in [0.2, 0.25) is 0 Å².